The van der Waals surface area contributed by atoms with E-state index in [-0.39, 0.29) is 25.1 Å². The van der Waals surface area contributed by atoms with Crippen LogP contribution in [0.2, 0.25) is 0 Å². The second-order valence-electron chi connectivity index (χ2n) is 5.90. The van der Waals surface area contributed by atoms with Crippen molar-refractivity contribution >= 4 is 5.97 Å². The molecule has 0 unspecified atom stereocenters. The molecule has 26 heavy (non-hydrogen) atoms. The summed E-state index contributed by atoms with van der Waals surface area (Å²) in [6.45, 7) is 0.110. The number of carbonyl (C=O) groups excluding carboxylic acids is 1. The Morgan fingerprint density at radius 2 is 1.73 bits per heavy atom. The first-order chi connectivity index (χ1) is 12.7. The summed E-state index contributed by atoms with van der Waals surface area (Å²) in [6, 6.07) is 7.26. The van der Waals surface area contributed by atoms with Gasteiger partial charge in [0.25, 0.3) is 0 Å². The molecular weight excluding hydrogens is 340 g/mol. The Balaban J connectivity index is 1.90. The lowest BCUT2D eigenvalue weighted by Gasteiger charge is -2.27. The maximum absolute atomic E-state index is 12.2. The van der Waals surface area contributed by atoms with Crippen LogP contribution in [0, 0.1) is 0 Å². The highest BCUT2D eigenvalue weighted by molar-refractivity contribution is 5.79. The zero-order valence-electron chi connectivity index (χ0n) is 14.7. The first-order valence-electron chi connectivity index (χ1n) is 8.09. The van der Waals surface area contributed by atoms with Gasteiger partial charge in [0.1, 0.15) is 11.5 Å². The standard InChI is InChI=1S/C19H18O7/c1-21-10-4-5-11-12(8-16(20)26-14(11)6-10)13-7-15-18(25-9-24-15)19(23-3)17(13)22-2/h4-7,12H,8-9H2,1-3H3/t12-/m0/s1. The molecule has 0 aliphatic carbocycles. The van der Waals surface area contributed by atoms with Crippen LogP contribution in [-0.2, 0) is 4.79 Å². The minimum Gasteiger partial charge on any atom is -0.497 e. The maximum Gasteiger partial charge on any atom is 0.312 e. The average Bonchev–Trinajstić information content (AvgIpc) is 3.13. The Hall–Kier alpha value is -3.09. The molecule has 1 atom stereocenters. The number of benzene rings is 2. The zero-order chi connectivity index (χ0) is 18.3. The van der Waals surface area contributed by atoms with E-state index < -0.39 is 0 Å². The molecule has 2 aromatic rings. The number of hydrogen-bond donors (Lipinski definition) is 0. The molecule has 0 N–H and O–H groups in total. The maximum atomic E-state index is 12.2. The number of hydrogen-bond acceptors (Lipinski definition) is 7. The molecule has 2 aliphatic rings. The van der Waals surface area contributed by atoms with Crippen molar-refractivity contribution in [3.63, 3.8) is 0 Å². The predicted octanol–water partition coefficient (Wildman–Crippen LogP) is 2.88. The Bertz CT molecular complexity index is 875. The summed E-state index contributed by atoms with van der Waals surface area (Å²) in [4.78, 5) is 12.2. The van der Waals surface area contributed by atoms with Crippen molar-refractivity contribution in [3.8, 4) is 34.5 Å². The molecule has 4 rings (SSSR count). The van der Waals surface area contributed by atoms with E-state index in [1.807, 2.05) is 18.2 Å². The topological polar surface area (TPSA) is 72.5 Å². The normalized spacial score (nSPS) is 17.3. The first-order valence-corrected chi connectivity index (χ1v) is 8.09. The van der Waals surface area contributed by atoms with Gasteiger partial charge in [-0.05, 0) is 12.1 Å². The van der Waals surface area contributed by atoms with Gasteiger partial charge in [-0.1, -0.05) is 6.07 Å². The highest BCUT2D eigenvalue weighted by atomic mass is 16.7. The third-order valence-electron chi connectivity index (χ3n) is 4.58. The summed E-state index contributed by atoms with van der Waals surface area (Å²) in [5.74, 6) is 2.53. The summed E-state index contributed by atoms with van der Waals surface area (Å²) in [7, 11) is 4.66. The third kappa shape index (κ3) is 2.47. The van der Waals surface area contributed by atoms with Gasteiger partial charge in [-0.25, -0.2) is 0 Å². The zero-order valence-corrected chi connectivity index (χ0v) is 14.7. The number of esters is 1. The monoisotopic (exact) mass is 358 g/mol. The Morgan fingerprint density at radius 1 is 0.923 bits per heavy atom. The van der Waals surface area contributed by atoms with Gasteiger partial charge in [0.2, 0.25) is 18.3 Å². The number of methoxy groups -OCH3 is 3. The van der Waals surface area contributed by atoms with E-state index in [0.29, 0.717) is 34.5 Å². The molecule has 0 amide bonds. The van der Waals surface area contributed by atoms with Gasteiger partial charge < -0.3 is 28.4 Å². The SMILES string of the molecule is COc1ccc2c(c1)OC(=O)C[C@@H]2c1cc2c(c(OC)c1OC)OCO2. The van der Waals surface area contributed by atoms with E-state index in [0.717, 1.165) is 11.1 Å². The highest BCUT2D eigenvalue weighted by Crippen LogP contribution is 2.53. The molecule has 0 spiro atoms. The van der Waals surface area contributed by atoms with Crippen LogP contribution < -0.4 is 28.4 Å². The van der Waals surface area contributed by atoms with Gasteiger partial charge >= 0.3 is 5.97 Å². The highest BCUT2D eigenvalue weighted by Gasteiger charge is 2.35. The second-order valence-corrected chi connectivity index (χ2v) is 5.90. The molecule has 0 aromatic heterocycles. The van der Waals surface area contributed by atoms with Gasteiger partial charge in [0, 0.05) is 23.1 Å². The Labute approximate surface area is 150 Å². The number of fused-ring (bicyclic) bond motifs is 2. The van der Waals surface area contributed by atoms with Crippen molar-refractivity contribution in [1.82, 2.24) is 0 Å². The largest absolute Gasteiger partial charge is 0.497 e. The lowest BCUT2D eigenvalue weighted by Crippen LogP contribution is -2.21. The smallest absolute Gasteiger partial charge is 0.312 e. The van der Waals surface area contributed by atoms with Crippen LogP contribution in [0.3, 0.4) is 0 Å². The molecule has 0 bridgehead atoms. The molecule has 0 saturated carbocycles. The van der Waals surface area contributed by atoms with E-state index in [1.54, 1.807) is 20.3 Å². The molecule has 0 radical (unpaired) electrons. The summed E-state index contributed by atoms with van der Waals surface area (Å²) in [5.41, 5.74) is 1.64. The number of carbonyl (C=O) groups is 1. The summed E-state index contributed by atoms with van der Waals surface area (Å²) >= 11 is 0. The molecule has 0 saturated heterocycles. The van der Waals surface area contributed by atoms with Gasteiger partial charge in [-0.2, -0.15) is 0 Å². The summed E-state index contributed by atoms with van der Waals surface area (Å²) < 4.78 is 32.7. The lowest BCUT2D eigenvalue weighted by molar-refractivity contribution is -0.135. The molecule has 2 aromatic carbocycles. The van der Waals surface area contributed by atoms with Crippen molar-refractivity contribution in [2.24, 2.45) is 0 Å². The number of ether oxygens (including phenoxy) is 6. The van der Waals surface area contributed by atoms with Crippen LogP contribution in [0.5, 0.6) is 34.5 Å². The molecule has 0 fully saturated rings. The van der Waals surface area contributed by atoms with Crippen LogP contribution in [0.4, 0.5) is 0 Å². The fraction of sp³-hybridized carbons (Fsp3) is 0.316. The van der Waals surface area contributed by atoms with E-state index in [1.165, 1.54) is 7.11 Å². The first kappa shape index (κ1) is 16.4. The Kier molecular flexibility index (Phi) is 3.99. The van der Waals surface area contributed by atoms with Gasteiger partial charge in [0.15, 0.2) is 11.5 Å². The van der Waals surface area contributed by atoms with Crippen molar-refractivity contribution < 1.29 is 33.2 Å². The predicted molar refractivity (Wildman–Crippen MR) is 90.8 cm³/mol. The van der Waals surface area contributed by atoms with Crippen LogP contribution in [-0.4, -0.2) is 34.1 Å². The fourth-order valence-corrected chi connectivity index (χ4v) is 3.41. The van der Waals surface area contributed by atoms with Crippen molar-refractivity contribution in [3.05, 3.63) is 35.4 Å². The second kappa shape index (κ2) is 6.33. The average molecular weight is 358 g/mol. The molecule has 7 nitrogen and oxygen atoms in total. The van der Waals surface area contributed by atoms with Gasteiger partial charge in [0.05, 0.1) is 27.8 Å². The molecule has 7 heteroatoms. The van der Waals surface area contributed by atoms with Crippen LogP contribution >= 0.6 is 0 Å². The minimum atomic E-state index is -0.325. The van der Waals surface area contributed by atoms with E-state index >= 15 is 0 Å². The molecule has 2 aliphatic heterocycles. The van der Waals surface area contributed by atoms with E-state index in [9.17, 15) is 4.79 Å². The van der Waals surface area contributed by atoms with E-state index in [4.69, 9.17) is 28.4 Å². The number of rotatable bonds is 4. The summed E-state index contributed by atoms with van der Waals surface area (Å²) in [6.07, 6.45) is 0.179. The quantitative estimate of drug-likeness (QED) is 0.615. The Morgan fingerprint density at radius 3 is 2.46 bits per heavy atom. The van der Waals surface area contributed by atoms with Crippen molar-refractivity contribution in [2.45, 2.75) is 12.3 Å². The van der Waals surface area contributed by atoms with Gasteiger partial charge in [-0.15, -0.1) is 0 Å². The summed E-state index contributed by atoms with van der Waals surface area (Å²) in [5, 5.41) is 0. The fourth-order valence-electron chi connectivity index (χ4n) is 3.41. The molecule has 2 heterocycles. The minimum absolute atomic E-state index is 0.110. The third-order valence-corrected chi connectivity index (χ3v) is 4.58. The van der Waals surface area contributed by atoms with Gasteiger partial charge in [-0.3, -0.25) is 4.79 Å². The van der Waals surface area contributed by atoms with Crippen LogP contribution in [0.15, 0.2) is 24.3 Å². The van der Waals surface area contributed by atoms with Crippen molar-refractivity contribution in [1.29, 1.82) is 0 Å². The van der Waals surface area contributed by atoms with Crippen LogP contribution in [0.25, 0.3) is 0 Å². The van der Waals surface area contributed by atoms with Crippen LogP contribution in [0.1, 0.15) is 23.5 Å². The van der Waals surface area contributed by atoms with Crippen molar-refractivity contribution in [2.75, 3.05) is 28.1 Å². The van der Waals surface area contributed by atoms with E-state index in [2.05, 4.69) is 0 Å². The molecule has 136 valence electrons. The molecular formula is C19H18O7. The lowest BCUT2D eigenvalue weighted by atomic mass is 9.85.